The number of rotatable bonds is 4. The number of hydrogen-bond acceptors (Lipinski definition) is 5. The van der Waals surface area contributed by atoms with Crippen molar-refractivity contribution < 1.29 is 8.42 Å². The van der Waals surface area contributed by atoms with Crippen LogP contribution in [0.5, 0.6) is 0 Å². The largest absolute Gasteiger partial charge is 0.383 e. The van der Waals surface area contributed by atoms with Crippen LogP contribution < -0.4 is 10.5 Å². The molecule has 0 aromatic carbocycles. The van der Waals surface area contributed by atoms with E-state index in [0.717, 1.165) is 12.2 Å². The lowest BCUT2D eigenvalue weighted by atomic mass is 10.2. The molecule has 17 heavy (non-hydrogen) atoms. The zero-order valence-electron chi connectivity index (χ0n) is 9.35. The zero-order valence-corrected chi connectivity index (χ0v) is 11.0. The van der Waals surface area contributed by atoms with Gasteiger partial charge in [-0.25, -0.2) is 13.1 Å². The average Bonchev–Trinajstić information content (AvgIpc) is 2.75. The van der Waals surface area contributed by atoms with Crippen molar-refractivity contribution in [2.75, 3.05) is 18.0 Å². The Morgan fingerprint density at radius 1 is 1.59 bits per heavy atom. The molecule has 1 atom stereocenters. The number of H-pyrrole nitrogens is 1. The fourth-order valence-electron chi connectivity index (χ4n) is 1.75. The number of nitrogens with one attached hydrogen (secondary N) is 2. The highest BCUT2D eigenvalue weighted by Crippen LogP contribution is 2.25. The maximum atomic E-state index is 11.9. The highest BCUT2D eigenvalue weighted by atomic mass is 32.2. The Labute approximate surface area is 105 Å². The van der Waals surface area contributed by atoms with Crippen LogP contribution in [0.4, 0.5) is 5.82 Å². The van der Waals surface area contributed by atoms with Crippen molar-refractivity contribution in [2.24, 2.45) is 0 Å². The molecule has 1 aromatic heterocycles. The molecule has 6 nitrogen and oxygen atoms in total. The summed E-state index contributed by atoms with van der Waals surface area (Å²) in [5.41, 5.74) is 5.49. The molecular formula is C9H16N4O2S2. The van der Waals surface area contributed by atoms with Crippen LogP contribution in [0.1, 0.15) is 19.3 Å². The lowest BCUT2D eigenvalue weighted by molar-refractivity contribution is 0.574. The molecule has 1 aliphatic heterocycles. The van der Waals surface area contributed by atoms with Crippen LogP contribution in [0.2, 0.25) is 0 Å². The normalized spacial score (nSPS) is 21.5. The Bertz CT molecular complexity index is 465. The van der Waals surface area contributed by atoms with Gasteiger partial charge in [0.15, 0.2) is 0 Å². The van der Waals surface area contributed by atoms with Gasteiger partial charge in [-0.05, 0) is 18.6 Å². The lowest BCUT2D eigenvalue weighted by Gasteiger charge is -2.21. The number of nitrogen functional groups attached to an aromatic ring is 1. The quantitative estimate of drug-likeness (QED) is 0.746. The second kappa shape index (κ2) is 5.28. The monoisotopic (exact) mass is 276 g/mol. The van der Waals surface area contributed by atoms with Crippen LogP contribution in [0.25, 0.3) is 0 Å². The second-order valence-electron chi connectivity index (χ2n) is 3.99. The minimum atomic E-state index is -3.53. The first kappa shape index (κ1) is 12.7. The van der Waals surface area contributed by atoms with Gasteiger partial charge in [0.05, 0.1) is 6.20 Å². The summed E-state index contributed by atoms with van der Waals surface area (Å²) in [5.74, 6) is 1.19. The minimum Gasteiger partial charge on any atom is -0.383 e. The maximum absolute atomic E-state index is 11.9. The summed E-state index contributed by atoms with van der Waals surface area (Å²) in [6, 6.07) is 0. The minimum absolute atomic E-state index is 0.0262. The third kappa shape index (κ3) is 3.14. The summed E-state index contributed by atoms with van der Waals surface area (Å²) >= 11 is 1.82. The lowest BCUT2D eigenvalue weighted by Crippen LogP contribution is -2.32. The van der Waals surface area contributed by atoms with Crippen LogP contribution in [0, 0.1) is 0 Å². The molecule has 1 unspecified atom stereocenters. The first-order valence-electron chi connectivity index (χ1n) is 5.50. The van der Waals surface area contributed by atoms with E-state index in [-0.39, 0.29) is 10.7 Å². The number of nitrogens with zero attached hydrogens (tertiary/aromatic N) is 1. The number of aromatic nitrogens is 2. The third-order valence-corrected chi connectivity index (χ3v) is 5.55. The average molecular weight is 276 g/mol. The van der Waals surface area contributed by atoms with E-state index in [4.69, 9.17) is 5.73 Å². The van der Waals surface area contributed by atoms with Gasteiger partial charge in [0.1, 0.15) is 10.7 Å². The van der Waals surface area contributed by atoms with Crippen LogP contribution in [0.15, 0.2) is 11.1 Å². The number of hydrogen-bond donors (Lipinski definition) is 3. The maximum Gasteiger partial charge on any atom is 0.245 e. The molecule has 0 radical (unpaired) electrons. The van der Waals surface area contributed by atoms with Crippen molar-refractivity contribution in [1.82, 2.24) is 14.9 Å². The van der Waals surface area contributed by atoms with E-state index in [9.17, 15) is 8.42 Å². The fourth-order valence-corrected chi connectivity index (χ4v) is 4.19. The van der Waals surface area contributed by atoms with Crippen LogP contribution in [-0.2, 0) is 10.0 Å². The van der Waals surface area contributed by atoms with Gasteiger partial charge in [-0.2, -0.15) is 16.9 Å². The molecule has 0 amide bonds. The van der Waals surface area contributed by atoms with E-state index in [0.29, 0.717) is 11.8 Å². The molecule has 0 spiro atoms. The van der Waals surface area contributed by atoms with Crippen molar-refractivity contribution in [2.45, 2.75) is 29.4 Å². The standard InChI is InChI=1S/C9H16N4O2S2/c10-9-8(6-11-13-9)17(14,15)12-5-7-3-1-2-4-16-7/h6-7,12H,1-5H2,(H3,10,11,13). The highest BCUT2D eigenvalue weighted by molar-refractivity contribution is 8.00. The Morgan fingerprint density at radius 3 is 3.00 bits per heavy atom. The van der Waals surface area contributed by atoms with Crippen molar-refractivity contribution in [3.63, 3.8) is 0 Å². The van der Waals surface area contributed by atoms with Gasteiger partial charge in [0.2, 0.25) is 10.0 Å². The summed E-state index contributed by atoms with van der Waals surface area (Å²) in [4.78, 5) is 0.0262. The predicted molar refractivity (Wildman–Crippen MR) is 68.3 cm³/mol. The molecule has 2 rings (SSSR count). The second-order valence-corrected chi connectivity index (χ2v) is 7.13. The number of thioether (sulfide) groups is 1. The topological polar surface area (TPSA) is 101 Å². The Kier molecular flexibility index (Phi) is 3.95. The van der Waals surface area contributed by atoms with E-state index in [1.165, 1.54) is 19.0 Å². The number of aromatic amines is 1. The predicted octanol–water partition coefficient (Wildman–Crippen LogP) is 0.556. The molecule has 2 heterocycles. The molecule has 8 heteroatoms. The van der Waals surface area contributed by atoms with Gasteiger partial charge in [0.25, 0.3) is 0 Å². The van der Waals surface area contributed by atoms with Crippen molar-refractivity contribution in [1.29, 1.82) is 0 Å². The van der Waals surface area contributed by atoms with Crippen LogP contribution in [0.3, 0.4) is 0 Å². The van der Waals surface area contributed by atoms with Gasteiger partial charge < -0.3 is 5.73 Å². The molecule has 0 bridgehead atoms. The summed E-state index contributed by atoms with van der Waals surface area (Å²) in [7, 11) is -3.53. The smallest absolute Gasteiger partial charge is 0.245 e. The van der Waals surface area contributed by atoms with E-state index in [2.05, 4.69) is 14.9 Å². The molecule has 0 aliphatic carbocycles. The van der Waals surface area contributed by atoms with Gasteiger partial charge >= 0.3 is 0 Å². The Hall–Kier alpha value is -0.730. The van der Waals surface area contributed by atoms with Gasteiger partial charge in [-0.1, -0.05) is 6.42 Å². The van der Waals surface area contributed by atoms with Crippen LogP contribution in [-0.4, -0.2) is 36.2 Å². The highest BCUT2D eigenvalue weighted by Gasteiger charge is 2.21. The van der Waals surface area contributed by atoms with Crippen molar-refractivity contribution in [3.8, 4) is 0 Å². The zero-order chi connectivity index (χ0) is 12.3. The number of sulfonamides is 1. The number of nitrogens with two attached hydrogens (primary N) is 1. The van der Waals surface area contributed by atoms with Crippen molar-refractivity contribution >= 4 is 27.6 Å². The molecular weight excluding hydrogens is 260 g/mol. The summed E-state index contributed by atoms with van der Waals surface area (Å²) in [6.07, 6.45) is 4.69. The van der Waals surface area contributed by atoms with E-state index in [1.54, 1.807) is 0 Å². The molecule has 1 aromatic rings. The Morgan fingerprint density at radius 2 is 2.41 bits per heavy atom. The van der Waals surface area contributed by atoms with Crippen LogP contribution >= 0.6 is 11.8 Å². The Balaban J connectivity index is 1.96. The summed E-state index contributed by atoms with van der Waals surface area (Å²) in [6.45, 7) is 0.456. The first-order chi connectivity index (χ1) is 8.09. The van der Waals surface area contributed by atoms with Crippen molar-refractivity contribution in [3.05, 3.63) is 6.20 Å². The van der Waals surface area contributed by atoms with E-state index in [1.807, 2.05) is 11.8 Å². The molecule has 1 aliphatic rings. The summed E-state index contributed by atoms with van der Waals surface area (Å²) < 4.78 is 26.4. The SMILES string of the molecule is Nc1[nH]ncc1S(=O)(=O)NCC1CCCCS1. The third-order valence-electron chi connectivity index (χ3n) is 2.70. The molecule has 0 saturated carbocycles. The number of anilines is 1. The molecule has 96 valence electrons. The van der Waals surface area contributed by atoms with E-state index < -0.39 is 10.0 Å². The molecule has 1 saturated heterocycles. The summed E-state index contributed by atoms with van der Waals surface area (Å²) in [5, 5.41) is 6.39. The van der Waals surface area contributed by atoms with Gasteiger partial charge in [-0.15, -0.1) is 0 Å². The van der Waals surface area contributed by atoms with Gasteiger partial charge in [-0.3, -0.25) is 5.10 Å². The first-order valence-corrected chi connectivity index (χ1v) is 8.03. The molecule has 4 N–H and O–H groups in total. The van der Waals surface area contributed by atoms with Gasteiger partial charge in [0, 0.05) is 11.8 Å². The molecule has 1 fully saturated rings. The van der Waals surface area contributed by atoms with E-state index >= 15 is 0 Å². The fraction of sp³-hybridized carbons (Fsp3) is 0.667.